The molecule has 0 saturated carbocycles. The highest BCUT2D eigenvalue weighted by atomic mass is 79.9. The smallest absolute Gasteiger partial charge is 0.221 e. The molecule has 0 aliphatic heterocycles. The maximum absolute atomic E-state index is 5.37. The summed E-state index contributed by atoms with van der Waals surface area (Å²) in [5.74, 6) is 1.02. The highest BCUT2D eigenvalue weighted by molar-refractivity contribution is 9.10. The standard InChI is InChI=1S/C6H9BrN4/c1-2-9-5-4(7)3-10-6(8)11-5/h3H,2H2,1H3,(H3,8,9,10,11). The Morgan fingerprint density at radius 1 is 1.73 bits per heavy atom. The summed E-state index contributed by atoms with van der Waals surface area (Å²) >= 11 is 3.29. The van der Waals surface area contributed by atoms with Crippen molar-refractivity contribution < 1.29 is 0 Å². The average molecular weight is 217 g/mol. The Kier molecular flexibility index (Phi) is 2.64. The minimum absolute atomic E-state index is 0.282. The Bertz CT molecular complexity index is 250. The van der Waals surface area contributed by atoms with Crippen LogP contribution in [0.4, 0.5) is 11.8 Å². The van der Waals surface area contributed by atoms with Crippen molar-refractivity contribution in [3.8, 4) is 0 Å². The Labute approximate surface area is 73.4 Å². The molecule has 0 amide bonds. The van der Waals surface area contributed by atoms with Gasteiger partial charge in [-0.2, -0.15) is 4.98 Å². The molecule has 0 aliphatic carbocycles. The lowest BCUT2D eigenvalue weighted by Crippen LogP contribution is -2.03. The zero-order valence-corrected chi connectivity index (χ0v) is 7.72. The van der Waals surface area contributed by atoms with E-state index in [1.807, 2.05) is 6.92 Å². The summed E-state index contributed by atoms with van der Waals surface area (Å²) < 4.78 is 0.827. The van der Waals surface area contributed by atoms with Gasteiger partial charge in [-0.3, -0.25) is 0 Å². The van der Waals surface area contributed by atoms with Crippen molar-refractivity contribution in [3.05, 3.63) is 10.7 Å². The molecule has 0 bridgehead atoms. The van der Waals surface area contributed by atoms with Gasteiger partial charge in [-0.05, 0) is 22.9 Å². The van der Waals surface area contributed by atoms with Crippen molar-refractivity contribution in [2.24, 2.45) is 0 Å². The fourth-order valence-corrected chi connectivity index (χ4v) is 1.00. The number of halogens is 1. The van der Waals surface area contributed by atoms with Crippen LogP contribution < -0.4 is 11.1 Å². The third-order valence-corrected chi connectivity index (χ3v) is 1.69. The van der Waals surface area contributed by atoms with Crippen LogP contribution in [0.1, 0.15) is 6.92 Å². The van der Waals surface area contributed by atoms with Gasteiger partial charge in [-0.25, -0.2) is 4.98 Å². The highest BCUT2D eigenvalue weighted by Crippen LogP contribution is 2.18. The largest absolute Gasteiger partial charge is 0.369 e. The van der Waals surface area contributed by atoms with E-state index in [4.69, 9.17) is 5.73 Å². The van der Waals surface area contributed by atoms with Crippen LogP contribution in [0.2, 0.25) is 0 Å². The highest BCUT2D eigenvalue weighted by Gasteiger charge is 1.99. The van der Waals surface area contributed by atoms with Crippen LogP contribution in [0.25, 0.3) is 0 Å². The van der Waals surface area contributed by atoms with Gasteiger partial charge in [0.1, 0.15) is 5.82 Å². The molecule has 60 valence electrons. The summed E-state index contributed by atoms with van der Waals surface area (Å²) in [6, 6.07) is 0. The van der Waals surface area contributed by atoms with Crippen LogP contribution in [0, 0.1) is 0 Å². The van der Waals surface area contributed by atoms with Gasteiger partial charge in [-0.1, -0.05) is 0 Å². The zero-order valence-electron chi connectivity index (χ0n) is 6.13. The third-order valence-electron chi connectivity index (χ3n) is 1.11. The van der Waals surface area contributed by atoms with Gasteiger partial charge in [0.05, 0.1) is 4.47 Å². The van der Waals surface area contributed by atoms with Crippen LogP contribution in [0.3, 0.4) is 0 Å². The molecule has 0 atom stereocenters. The van der Waals surface area contributed by atoms with Gasteiger partial charge in [-0.15, -0.1) is 0 Å². The summed E-state index contributed by atoms with van der Waals surface area (Å²) in [7, 11) is 0. The second-order valence-corrected chi connectivity index (χ2v) is 2.81. The second kappa shape index (κ2) is 3.52. The molecule has 0 aromatic carbocycles. The molecule has 0 aliphatic rings. The molecule has 1 aromatic rings. The van der Waals surface area contributed by atoms with E-state index in [1.165, 1.54) is 0 Å². The fraction of sp³-hybridized carbons (Fsp3) is 0.333. The number of aromatic nitrogens is 2. The van der Waals surface area contributed by atoms with Crippen molar-refractivity contribution in [1.82, 2.24) is 9.97 Å². The van der Waals surface area contributed by atoms with Crippen molar-refractivity contribution in [2.75, 3.05) is 17.6 Å². The molecule has 5 heteroatoms. The molecule has 1 heterocycles. The van der Waals surface area contributed by atoms with E-state index in [0.29, 0.717) is 0 Å². The van der Waals surface area contributed by atoms with Crippen molar-refractivity contribution in [1.29, 1.82) is 0 Å². The number of nitrogens with zero attached hydrogens (tertiary/aromatic N) is 2. The van der Waals surface area contributed by atoms with Gasteiger partial charge in [0.15, 0.2) is 0 Å². The average Bonchev–Trinajstić information content (AvgIpc) is 1.98. The summed E-state index contributed by atoms with van der Waals surface area (Å²) in [5, 5.41) is 3.04. The lowest BCUT2D eigenvalue weighted by Gasteiger charge is -2.03. The molecule has 4 nitrogen and oxygen atoms in total. The van der Waals surface area contributed by atoms with Crippen LogP contribution >= 0.6 is 15.9 Å². The lowest BCUT2D eigenvalue weighted by atomic mass is 10.5. The number of nitrogens with two attached hydrogens (primary N) is 1. The lowest BCUT2D eigenvalue weighted by molar-refractivity contribution is 1.11. The quantitative estimate of drug-likeness (QED) is 0.782. The number of rotatable bonds is 2. The van der Waals surface area contributed by atoms with Gasteiger partial charge >= 0.3 is 0 Å². The number of hydrogen-bond donors (Lipinski definition) is 2. The zero-order chi connectivity index (χ0) is 8.27. The van der Waals surface area contributed by atoms with Crippen molar-refractivity contribution >= 4 is 27.7 Å². The van der Waals surface area contributed by atoms with E-state index in [-0.39, 0.29) is 5.95 Å². The van der Waals surface area contributed by atoms with E-state index in [2.05, 4.69) is 31.2 Å². The first-order valence-electron chi connectivity index (χ1n) is 3.26. The molecule has 0 spiro atoms. The number of anilines is 2. The fourth-order valence-electron chi connectivity index (χ4n) is 0.672. The van der Waals surface area contributed by atoms with Crippen LogP contribution in [-0.4, -0.2) is 16.5 Å². The molecule has 0 fully saturated rings. The maximum Gasteiger partial charge on any atom is 0.221 e. The first-order valence-corrected chi connectivity index (χ1v) is 4.05. The van der Waals surface area contributed by atoms with Gasteiger partial charge in [0, 0.05) is 12.7 Å². The predicted octanol–water partition coefficient (Wildman–Crippen LogP) is 1.25. The Balaban J connectivity index is 2.93. The first-order chi connectivity index (χ1) is 5.24. The van der Waals surface area contributed by atoms with E-state index in [1.54, 1.807) is 6.20 Å². The van der Waals surface area contributed by atoms with Crippen molar-refractivity contribution in [3.63, 3.8) is 0 Å². The second-order valence-electron chi connectivity index (χ2n) is 1.96. The number of nitrogen functional groups attached to an aromatic ring is 1. The normalized spacial score (nSPS) is 9.64. The monoisotopic (exact) mass is 216 g/mol. The maximum atomic E-state index is 5.37. The molecular weight excluding hydrogens is 208 g/mol. The Morgan fingerprint density at radius 2 is 2.45 bits per heavy atom. The minimum Gasteiger partial charge on any atom is -0.369 e. The molecule has 0 saturated heterocycles. The van der Waals surface area contributed by atoms with E-state index >= 15 is 0 Å². The van der Waals surface area contributed by atoms with Crippen LogP contribution in [0.5, 0.6) is 0 Å². The molecular formula is C6H9BrN4. The van der Waals surface area contributed by atoms with Crippen LogP contribution in [0.15, 0.2) is 10.7 Å². The molecule has 0 radical (unpaired) electrons. The molecule has 1 aromatic heterocycles. The van der Waals surface area contributed by atoms with E-state index in [0.717, 1.165) is 16.8 Å². The van der Waals surface area contributed by atoms with Crippen LogP contribution in [-0.2, 0) is 0 Å². The number of nitrogens with one attached hydrogen (secondary N) is 1. The number of hydrogen-bond acceptors (Lipinski definition) is 4. The molecule has 11 heavy (non-hydrogen) atoms. The summed E-state index contributed by atoms with van der Waals surface area (Å²) in [6.45, 7) is 2.81. The molecule has 0 unspecified atom stereocenters. The van der Waals surface area contributed by atoms with E-state index in [9.17, 15) is 0 Å². The molecule has 1 rings (SSSR count). The predicted molar refractivity (Wildman–Crippen MR) is 48.3 cm³/mol. The topological polar surface area (TPSA) is 63.8 Å². The van der Waals surface area contributed by atoms with E-state index < -0.39 is 0 Å². The molecule has 3 N–H and O–H groups in total. The summed E-state index contributed by atoms with van der Waals surface area (Å²) in [4.78, 5) is 7.77. The van der Waals surface area contributed by atoms with Gasteiger partial charge in [0.2, 0.25) is 5.95 Å². The third kappa shape index (κ3) is 2.04. The Morgan fingerprint density at radius 3 is 3.09 bits per heavy atom. The Hall–Kier alpha value is -0.840. The van der Waals surface area contributed by atoms with Crippen molar-refractivity contribution in [2.45, 2.75) is 6.92 Å². The van der Waals surface area contributed by atoms with Gasteiger partial charge < -0.3 is 11.1 Å². The SMILES string of the molecule is CCNc1nc(N)ncc1Br. The summed E-state index contributed by atoms with van der Waals surface area (Å²) in [5.41, 5.74) is 5.37. The van der Waals surface area contributed by atoms with Gasteiger partial charge in [0.25, 0.3) is 0 Å². The minimum atomic E-state index is 0.282. The first kappa shape index (κ1) is 8.26. The summed E-state index contributed by atoms with van der Waals surface area (Å²) in [6.07, 6.45) is 1.63.